The van der Waals surface area contributed by atoms with Crippen molar-refractivity contribution in [2.75, 3.05) is 6.54 Å². The van der Waals surface area contributed by atoms with Crippen LogP contribution in [-0.2, 0) is 0 Å². The van der Waals surface area contributed by atoms with E-state index in [1.54, 1.807) is 0 Å². The van der Waals surface area contributed by atoms with Crippen LogP contribution in [0.4, 0.5) is 5.69 Å². The van der Waals surface area contributed by atoms with Crippen LogP contribution >= 0.6 is 0 Å². The molecule has 116 valence electrons. The molecular formula is C15H14BrN7. The summed E-state index contributed by atoms with van der Waals surface area (Å²) in [7, 11) is 0. The largest absolute Gasteiger partial charge is 1.00 e. The van der Waals surface area contributed by atoms with Gasteiger partial charge in [-0.05, 0) is 35.7 Å². The molecule has 1 aromatic carbocycles. The van der Waals surface area contributed by atoms with Crippen LogP contribution in [0.25, 0.3) is 20.9 Å². The number of benzene rings is 1. The SMILES string of the molecule is CC[N+]1=Cc2cc(N=[N+]=[N-])ccc2C2C=CC(N=[N+]=[N-])=CC21.[Br-]. The highest BCUT2D eigenvalue weighted by molar-refractivity contribution is 5.82. The number of fused-ring (bicyclic) bond motifs is 3. The summed E-state index contributed by atoms with van der Waals surface area (Å²) in [6.07, 6.45) is 7.98. The summed E-state index contributed by atoms with van der Waals surface area (Å²) in [6, 6.07) is 5.85. The molecule has 0 amide bonds. The number of hydrogen-bond acceptors (Lipinski definition) is 2. The minimum absolute atomic E-state index is 0. The minimum atomic E-state index is 0. The van der Waals surface area contributed by atoms with E-state index in [-0.39, 0.29) is 28.9 Å². The molecule has 1 heterocycles. The summed E-state index contributed by atoms with van der Waals surface area (Å²) in [5, 5.41) is 7.36. The Kier molecular flexibility index (Phi) is 5.24. The summed E-state index contributed by atoms with van der Waals surface area (Å²) < 4.78 is 2.20. The molecule has 0 N–H and O–H groups in total. The fourth-order valence-electron chi connectivity index (χ4n) is 3.02. The number of likely N-dealkylation sites (N-methyl/N-ethyl adjacent to an activating group) is 1. The molecule has 7 nitrogen and oxygen atoms in total. The first-order chi connectivity index (χ1) is 10.8. The van der Waals surface area contributed by atoms with Gasteiger partial charge in [0.1, 0.15) is 6.54 Å². The molecule has 1 aromatic rings. The van der Waals surface area contributed by atoms with Crippen molar-refractivity contribution in [2.45, 2.75) is 18.9 Å². The van der Waals surface area contributed by atoms with Crippen LogP contribution in [0.1, 0.15) is 24.0 Å². The Morgan fingerprint density at radius 2 is 2.00 bits per heavy atom. The van der Waals surface area contributed by atoms with Gasteiger partial charge in [0.2, 0.25) is 0 Å². The van der Waals surface area contributed by atoms with E-state index in [1.807, 2.05) is 30.4 Å². The Balaban J connectivity index is 0.00000192. The van der Waals surface area contributed by atoms with Crippen LogP contribution < -0.4 is 17.0 Å². The highest BCUT2D eigenvalue weighted by Crippen LogP contribution is 2.35. The van der Waals surface area contributed by atoms with Gasteiger partial charge in [0.15, 0.2) is 12.3 Å². The zero-order valence-corrected chi connectivity index (χ0v) is 14.0. The number of allylic oxidation sites excluding steroid dienone is 1. The molecule has 1 aliphatic heterocycles. The van der Waals surface area contributed by atoms with Crippen molar-refractivity contribution in [1.82, 2.24) is 0 Å². The van der Waals surface area contributed by atoms with E-state index in [0.29, 0.717) is 11.4 Å². The lowest BCUT2D eigenvalue weighted by molar-refractivity contribution is -0.550. The Bertz CT molecular complexity index is 811. The minimum Gasteiger partial charge on any atom is -1.00 e. The highest BCUT2D eigenvalue weighted by atomic mass is 79.9. The molecule has 0 radical (unpaired) electrons. The van der Waals surface area contributed by atoms with Gasteiger partial charge in [-0.2, -0.15) is 0 Å². The first kappa shape index (κ1) is 16.8. The first-order valence-electron chi connectivity index (χ1n) is 7.01. The molecule has 2 atom stereocenters. The molecule has 1 aliphatic carbocycles. The molecule has 3 rings (SSSR count). The first-order valence-corrected chi connectivity index (χ1v) is 7.01. The molecular weight excluding hydrogens is 358 g/mol. The van der Waals surface area contributed by atoms with Crippen LogP contribution in [-0.4, -0.2) is 23.4 Å². The van der Waals surface area contributed by atoms with E-state index in [2.05, 4.69) is 43.8 Å². The van der Waals surface area contributed by atoms with Crippen molar-refractivity contribution in [2.24, 2.45) is 10.2 Å². The molecule has 2 unspecified atom stereocenters. The topological polar surface area (TPSA) is 101 Å². The third kappa shape index (κ3) is 3.14. The summed E-state index contributed by atoms with van der Waals surface area (Å²) in [6.45, 7) is 2.91. The molecule has 0 bridgehead atoms. The molecule has 0 spiro atoms. The van der Waals surface area contributed by atoms with Gasteiger partial charge in [-0.15, -0.1) is 0 Å². The van der Waals surface area contributed by atoms with Crippen molar-refractivity contribution in [3.8, 4) is 0 Å². The normalized spacial score (nSPS) is 20.6. The molecule has 23 heavy (non-hydrogen) atoms. The Hall–Kier alpha value is -2.53. The highest BCUT2D eigenvalue weighted by Gasteiger charge is 2.35. The predicted molar refractivity (Wildman–Crippen MR) is 84.1 cm³/mol. The zero-order chi connectivity index (χ0) is 15.5. The van der Waals surface area contributed by atoms with E-state index >= 15 is 0 Å². The van der Waals surface area contributed by atoms with E-state index in [0.717, 1.165) is 12.1 Å². The maximum atomic E-state index is 8.60. The van der Waals surface area contributed by atoms with Crippen LogP contribution in [0.5, 0.6) is 0 Å². The summed E-state index contributed by atoms with van der Waals surface area (Å²) in [5.41, 5.74) is 20.7. The van der Waals surface area contributed by atoms with Gasteiger partial charge in [0.25, 0.3) is 0 Å². The number of hydrogen-bond donors (Lipinski definition) is 0. The summed E-state index contributed by atoms with van der Waals surface area (Å²) >= 11 is 0. The van der Waals surface area contributed by atoms with Crippen molar-refractivity contribution >= 4 is 11.9 Å². The van der Waals surface area contributed by atoms with Crippen LogP contribution in [0.3, 0.4) is 0 Å². The second-order valence-electron chi connectivity index (χ2n) is 5.12. The van der Waals surface area contributed by atoms with Gasteiger partial charge in [0.05, 0.1) is 5.92 Å². The van der Waals surface area contributed by atoms with Gasteiger partial charge >= 0.3 is 0 Å². The Morgan fingerprint density at radius 1 is 1.22 bits per heavy atom. The fraction of sp³-hybridized carbons (Fsp3) is 0.267. The monoisotopic (exact) mass is 371 g/mol. The molecule has 8 heteroatoms. The predicted octanol–water partition coefficient (Wildman–Crippen LogP) is 1.31. The van der Waals surface area contributed by atoms with E-state index in [4.69, 9.17) is 11.1 Å². The maximum Gasteiger partial charge on any atom is 0.182 e. The second kappa shape index (κ2) is 7.15. The number of halogens is 1. The summed E-state index contributed by atoms with van der Waals surface area (Å²) in [5.74, 6) is 0.192. The lowest BCUT2D eigenvalue weighted by Gasteiger charge is -2.28. The Morgan fingerprint density at radius 3 is 2.70 bits per heavy atom. The lowest BCUT2D eigenvalue weighted by Crippen LogP contribution is -3.00. The molecule has 0 aromatic heterocycles. The van der Waals surface area contributed by atoms with Gasteiger partial charge in [0, 0.05) is 26.8 Å². The van der Waals surface area contributed by atoms with Crippen LogP contribution in [0, 0.1) is 0 Å². The molecule has 2 aliphatic rings. The lowest BCUT2D eigenvalue weighted by atomic mass is 9.82. The van der Waals surface area contributed by atoms with Gasteiger partial charge in [-0.25, -0.2) is 4.58 Å². The van der Waals surface area contributed by atoms with Gasteiger partial charge < -0.3 is 17.0 Å². The number of nitrogens with zero attached hydrogens (tertiary/aromatic N) is 7. The molecule has 0 saturated carbocycles. The number of rotatable bonds is 3. The standard InChI is InChI=1S/C15H14N7.BrH/c1-2-22-9-10-7-11(18-20-16)3-5-13(10)14-6-4-12(19-21-17)8-15(14)22;/h3-9,14-15H,2H2,1H3;1H/q+1;/p-1. The zero-order valence-electron chi connectivity index (χ0n) is 12.4. The van der Waals surface area contributed by atoms with Crippen LogP contribution in [0.2, 0.25) is 0 Å². The summed E-state index contributed by atoms with van der Waals surface area (Å²) in [4.78, 5) is 5.69. The van der Waals surface area contributed by atoms with Crippen molar-refractivity contribution in [1.29, 1.82) is 0 Å². The van der Waals surface area contributed by atoms with Crippen LogP contribution in [0.15, 0.2) is 52.4 Å². The fourth-order valence-corrected chi connectivity index (χ4v) is 3.02. The molecule has 0 fully saturated rings. The second-order valence-corrected chi connectivity index (χ2v) is 5.12. The van der Waals surface area contributed by atoms with Crippen molar-refractivity contribution in [3.63, 3.8) is 0 Å². The van der Waals surface area contributed by atoms with E-state index in [9.17, 15) is 0 Å². The van der Waals surface area contributed by atoms with Crippen molar-refractivity contribution < 1.29 is 21.6 Å². The van der Waals surface area contributed by atoms with E-state index in [1.165, 1.54) is 5.56 Å². The Labute approximate surface area is 143 Å². The van der Waals surface area contributed by atoms with Gasteiger partial charge in [-0.1, -0.05) is 34.5 Å². The maximum absolute atomic E-state index is 8.60. The average molecular weight is 372 g/mol. The quantitative estimate of drug-likeness (QED) is 0.331. The average Bonchev–Trinajstić information content (AvgIpc) is 2.54. The number of azide groups is 2. The third-order valence-electron chi connectivity index (χ3n) is 3.99. The van der Waals surface area contributed by atoms with Crippen molar-refractivity contribution in [3.05, 3.63) is 74.1 Å². The van der Waals surface area contributed by atoms with Gasteiger partial charge in [-0.3, -0.25) is 0 Å². The van der Waals surface area contributed by atoms with E-state index < -0.39 is 0 Å². The molecule has 0 saturated heterocycles. The third-order valence-corrected chi connectivity index (χ3v) is 3.99. The smallest absolute Gasteiger partial charge is 0.182 e.